The summed E-state index contributed by atoms with van der Waals surface area (Å²) in [6.07, 6.45) is 0.639. The molecule has 0 fully saturated rings. The van der Waals surface area contributed by atoms with Crippen LogP contribution in [0.15, 0.2) is 24.3 Å². The van der Waals surface area contributed by atoms with Crippen LogP contribution in [0.1, 0.15) is 25.8 Å². The summed E-state index contributed by atoms with van der Waals surface area (Å²) in [7, 11) is 0. The van der Waals surface area contributed by atoms with Gasteiger partial charge in [0.15, 0.2) is 6.10 Å². The second kappa shape index (κ2) is 6.25. The molecule has 0 radical (unpaired) electrons. The van der Waals surface area contributed by atoms with Gasteiger partial charge in [-0.1, -0.05) is 12.1 Å². The monoisotopic (exact) mass is 237 g/mol. The van der Waals surface area contributed by atoms with Crippen molar-refractivity contribution in [3.63, 3.8) is 0 Å². The molecule has 1 aromatic rings. The van der Waals surface area contributed by atoms with E-state index in [4.69, 9.17) is 10.5 Å². The van der Waals surface area contributed by atoms with Crippen molar-refractivity contribution in [1.82, 2.24) is 0 Å². The van der Waals surface area contributed by atoms with Gasteiger partial charge < -0.3 is 15.6 Å². The number of benzene rings is 1. The Morgan fingerprint density at radius 3 is 2.41 bits per heavy atom. The summed E-state index contributed by atoms with van der Waals surface area (Å²) >= 11 is 0. The SMILES string of the molecule is CC(O)CCc1ccc(OC(C)C(N)=O)cc1. The molecule has 0 aliphatic heterocycles. The van der Waals surface area contributed by atoms with E-state index in [0.29, 0.717) is 5.75 Å². The third-order valence-corrected chi connectivity index (χ3v) is 2.49. The van der Waals surface area contributed by atoms with Crippen LogP contribution < -0.4 is 10.5 Å². The number of rotatable bonds is 6. The van der Waals surface area contributed by atoms with Crippen molar-refractivity contribution >= 4 is 5.91 Å². The van der Waals surface area contributed by atoms with E-state index in [1.165, 1.54) is 0 Å². The number of aliphatic hydroxyl groups is 1. The van der Waals surface area contributed by atoms with E-state index in [9.17, 15) is 9.90 Å². The highest BCUT2D eigenvalue weighted by atomic mass is 16.5. The van der Waals surface area contributed by atoms with Gasteiger partial charge in [0.2, 0.25) is 0 Å². The third-order valence-electron chi connectivity index (χ3n) is 2.49. The fourth-order valence-corrected chi connectivity index (χ4v) is 1.37. The Balaban J connectivity index is 2.53. The summed E-state index contributed by atoms with van der Waals surface area (Å²) < 4.78 is 5.33. The molecule has 17 heavy (non-hydrogen) atoms. The molecular formula is C13H19NO3. The van der Waals surface area contributed by atoms with Gasteiger partial charge in [-0.25, -0.2) is 0 Å². The average molecular weight is 237 g/mol. The van der Waals surface area contributed by atoms with Crippen molar-refractivity contribution < 1.29 is 14.6 Å². The first-order chi connectivity index (χ1) is 7.99. The van der Waals surface area contributed by atoms with Crippen LogP contribution in [0.5, 0.6) is 5.75 Å². The number of nitrogens with two attached hydrogens (primary N) is 1. The molecule has 0 aliphatic rings. The molecule has 1 amide bonds. The summed E-state index contributed by atoms with van der Waals surface area (Å²) in [5, 5.41) is 9.17. The molecule has 0 aliphatic carbocycles. The molecule has 4 nitrogen and oxygen atoms in total. The van der Waals surface area contributed by atoms with Crippen molar-refractivity contribution in [1.29, 1.82) is 0 Å². The number of hydrogen-bond acceptors (Lipinski definition) is 3. The summed E-state index contributed by atoms with van der Waals surface area (Å²) in [5.41, 5.74) is 6.23. The molecule has 94 valence electrons. The number of carbonyl (C=O) groups excluding carboxylic acids is 1. The second-order valence-corrected chi connectivity index (χ2v) is 4.19. The maximum absolute atomic E-state index is 10.8. The predicted molar refractivity (Wildman–Crippen MR) is 65.7 cm³/mol. The molecular weight excluding hydrogens is 218 g/mol. The van der Waals surface area contributed by atoms with Gasteiger partial charge in [0.1, 0.15) is 5.75 Å². The number of primary amides is 1. The van der Waals surface area contributed by atoms with Gasteiger partial charge in [-0.2, -0.15) is 0 Å². The molecule has 1 aromatic carbocycles. The normalized spacial score (nSPS) is 14.1. The minimum atomic E-state index is -0.627. The highest BCUT2D eigenvalue weighted by Crippen LogP contribution is 2.15. The topological polar surface area (TPSA) is 72.6 Å². The van der Waals surface area contributed by atoms with Gasteiger partial charge >= 0.3 is 0 Å². The highest BCUT2D eigenvalue weighted by molar-refractivity contribution is 5.78. The van der Waals surface area contributed by atoms with E-state index in [0.717, 1.165) is 18.4 Å². The average Bonchev–Trinajstić information content (AvgIpc) is 2.28. The minimum absolute atomic E-state index is 0.291. The second-order valence-electron chi connectivity index (χ2n) is 4.19. The molecule has 0 aromatic heterocycles. The molecule has 0 heterocycles. The standard InChI is InChI=1S/C13H19NO3/c1-9(15)3-4-11-5-7-12(8-6-11)17-10(2)13(14)16/h5-10,15H,3-4H2,1-2H3,(H2,14,16). The first kappa shape index (κ1) is 13.5. The van der Waals surface area contributed by atoms with Gasteiger partial charge in [0, 0.05) is 0 Å². The van der Waals surface area contributed by atoms with Gasteiger partial charge in [0.25, 0.3) is 5.91 Å². The Bertz CT molecular complexity index is 359. The number of amides is 1. The summed E-state index contributed by atoms with van der Waals surface area (Å²) in [6.45, 7) is 3.38. The molecule has 2 atom stereocenters. The smallest absolute Gasteiger partial charge is 0.258 e. The highest BCUT2D eigenvalue weighted by Gasteiger charge is 2.09. The molecule has 1 rings (SSSR count). The zero-order valence-corrected chi connectivity index (χ0v) is 10.2. The fourth-order valence-electron chi connectivity index (χ4n) is 1.37. The predicted octanol–water partition coefficient (Wildman–Crippen LogP) is 1.25. The minimum Gasteiger partial charge on any atom is -0.481 e. The Hall–Kier alpha value is -1.55. The lowest BCUT2D eigenvalue weighted by atomic mass is 10.1. The quantitative estimate of drug-likeness (QED) is 0.782. The van der Waals surface area contributed by atoms with Crippen LogP contribution in [0.2, 0.25) is 0 Å². The van der Waals surface area contributed by atoms with E-state index in [1.807, 2.05) is 12.1 Å². The van der Waals surface area contributed by atoms with Crippen molar-refractivity contribution in [2.24, 2.45) is 5.73 Å². The summed E-state index contributed by atoms with van der Waals surface area (Å²) in [5.74, 6) is 0.139. The Morgan fingerprint density at radius 2 is 1.94 bits per heavy atom. The lowest BCUT2D eigenvalue weighted by Crippen LogP contribution is -2.30. The first-order valence-electron chi connectivity index (χ1n) is 5.72. The number of aliphatic hydroxyl groups excluding tert-OH is 1. The zero-order valence-electron chi connectivity index (χ0n) is 10.2. The number of ether oxygens (including phenoxy) is 1. The number of hydrogen-bond donors (Lipinski definition) is 2. The van der Waals surface area contributed by atoms with Gasteiger partial charge in [-0.05, 0) is 44.4 Å². The van der Waals surface area contributed by atoms with Crippen molar-refractivity contribution in [3.8, 4) is 5.75 Å². The van der Waals surface area contributed by atoms with Crippen LogP contribution in [0.4, 0.5) is 0 Å². The molecule has 0 saturated heterocycles. The van der Waals surface area contributed by atoms with Gasteiger partial charge in [0.05, 0.1) is 6.10 Å². The lowest BCUT2D eigenvalue weighted by Gasteiger charge is -2.11. The molecule has 2 unspecified atom stereocenters. The maximum atomic E-state index is 10.8. The third kappa shape index (κ3) is 4.87. The number of aryl methyl sites for hydroxylation is 1. The molecule has 4 heteroatoms. The van der Waals surface area contributed by atoms with Crippen LogP contribution in [-0.2, 0) is 11.2 Å². The molecule has 0 saturated carbocycles. The molecule has 0 bridgehead atoms. The lowest BCUT2D eigenvalue weighted by molar-refractivity contribution is -0.123. The summed E-state index contributed by atoms with van der Waals surface area (Å²) in [6, 6.07) is 7.45. The van der Waals surface area contributed by atoms with Crippen LogP contribution >= 0.6 is 0 Å². The molecule has 3 N–H and O–H groups in total. The van der Waals surface area contributed by atoms with Gasteiger partial charge in [-0.3, -0.25) is 4.79 Å². The Kier molecular flexibility index (Phi) is 4.97. The Labute approximate surface area is 101 Å². The zero-order chi connectivity index (χ0) is 12.8. The van der Waals surface area contributed by atoms with E-state index >= 15 is 0 Å². The van der Waals surface area contributed by atoms with Gasteiger partial charge in [-0.15, -0.1) is 0 Å². The Morgan fingerprint density at radius 1 is 1.35 bits per heavy atom. The maximum Gasteiger partial charge on any atom is 0.258 e. The van der Waals surface area contributed by atoms with Crippen LogP contribution in [0.25, 0.3) is 0 Å². The molecule has 0 spiro atoms. The van der Waals surface area contributed by atoms with Crippen molar-refractivity contribution in [2.45, 2.75) is 38.9 Å². The van der Waals surface area contributed by atoms with Crippen LogP contribution in [0, 0.1) is 0 Å². The van der Waals surface area contributed by atoms with E-state index in [1.54, 1.807) is 26.0 Å². The van der Waals surface area contributed by atoms with E-state index in [-0.39, 0.29) is 6.10 Å². The first-order valence-corrected chi connectivity index (χ1v) is 5.72. The van der Waals surface area contributed by atoms with E-state index in [2.05, 4.69) is 0 Å². The van der Waals surface area contributed by atoms with E-state index < -0.39 is 12.0 Å². The van der Waals surface area contributed by atoms with Crippen LogP contribution in [-0.4, -0.2) is 23.2 Å². The number of carbonyl (C=O) groups is 1. The van der Waals surface area contributed by atoms with Crippen molar-refractivity contribution in [3.05, 3.63) is 29.8 Å². The summed E-state index contributed by atoms with van der Waals surface area (Å²) in [4.78, 5) is 10.8. The van der Waals surface area contributed by atoms with Crippen molar-refractivity contribution in [2.75, 3.05) is 0 Å². The largest absolute Gasteiger partial charge is 0.481 e. The fraction of sp³-hybridized carbons (Fsp3) is 0.462. The van der Waals surface area contributed by atoms with Crippen LogP contribution in [0.3, 0.4) is 0 Å².